The molecule has 6 heteroatoms. The highest BCUT2D eigenvalue weighted by Gasteiger charge is 2.20. The first kappa shape index (κ1) is 73.3. The lowest BCUT2D eigenvalue weighted by molar-refractivity contribution is -0.143. The van der Waals surface area contributed by atoms with Gasteiger partial charge in [0.2, 0.25) is 5.91 Å². The maximum atomic E-state index is 12.5. The average Bonchev–Trinajstić information content (AvgIpc) is 3.41. The summed E-state index contributed by atoms with van der Waals surface area (Å²) in [6.45, 7) is 4.96. The monoisotopic (exact) mass is 1060 g/mol. The molecule has 0 aromatic heterocycles. The summed E-state index contributed by atoms with van der Waals surface area (Å²) in [7, 11) is 0. The topological polar surface area (TPSA) is 95.9 Å². The summed E-state index contributed by atoms with van der Waals surface area (Å²) in [5.74, 6) is -0.0469. The Balaban J connectivity index is 3.44. The third-order valence-corrected chi connectivity index (χ3v) is 16.0. The number of allylic oxidation sites excluding steroid dienone is 4. The highest BCUT2D eigenvalue weighted by molar-refractivity contribution is 5.76. The number of aliphatic hydroxyl groups is 2. The Kier molecular flexibility index (Phi) is 63.4. The van der Waals surface area contributed by atoms with Gasteiger partial charge in [0.15, 0.2) is 0 Å². The predicted octanol–water partition coefficient (Wildman–Crippen LogP) is 21.8. The van der Waals surface area contributed by atoms with Crippen molar-refractivity contribution in [2.75, 3.05) is 13.2 Å². The highest BCUT2D eigenvalue weighted by atomic mass is 16.5. The van der Waals surface area contributed by atoms with Crippen molar-refractivity contribution in [2.24, 2.45) is 0 Å². The lowest BCUT2D eigenvalue weighted by atomic mass is 10.0. The smallest absolute Gasteiger partial charge is 0.305 e. The summed E-state index contributed by atoms with van der Waals surface area (Å²) < 4.78 is 5.49. The fourth-order valence-electron chi connectivity index (χ4n) is 10.7. The van der Waals surface area contributed by atoms with E-state index in [1.54, 1.807) is 0 Å². The molecule has 0 heterocycles. The molecule has 0 spiro atoms. The highest BCUT2D eigenvalue weighted by Crippen LogP contribution is 2.18. The van der Waals surface area contributed by atoms with Crippen LogP contribution in [0.4, 0.5) is 0 Å². The number of aliphatic hydroxyl groups excluding tert-OH is 2. The Morgan fingerprint density at radius 3 is 0.947 bits per heavy atom. The van der Waals surface area contributed by atoms with E-state index >= 15 is 0 Å². The van der Waals surface area contributed by atoms with Crippen LogP contribution in [0.1, 0.15) is 380 Å². The zero-order chi connectivity index (χ0) is 54.3. The maximum absolute atomic E-state index is 12.5. The number of amides is 1. The van der Waals surface area contributed by atoms with Crippen LogP contribution >= 0.6 is 0 Å². The van der Waals surface area contributed by atoms with Crippen LogP contribution in [0.5, 0.6) is 0 Å². The number of nitrogens with one attached hydrogen (secondary N) is 1. The molecule has 75 heavy (non-hydrogen) atoms. The van der Waals surface area contributed by atoms with Crippen molar-refractivity contribution in [2.45, 2.75) is 392 Å². The Labute approximate surface area is 469 Å². The van der Waals surface area contributed by atoms with Crippen molar-refractivity contribution in [3.05, 3.63) is 24.3 Å². The molecule has 1 amide bonds. The summed E-state index contributed by atoms with van der Waals surface area (Å²) >= 11 is 0. The molecule has 0 aromatic carbocycles. The minimum absolute atomic E-state index is 0.00402. The summed E-state index contributed by atoms with van der Waals surface area (Å²) in [6, 6.07) is -0.552. The second-order valence-electron chi connectivity index (χ2n) is 23.5. The van der Waals surface area contributed by atoms with Crippen LogP contribution in [0.2, 0.25) is 0 Å². The third-order valence-electron chi connectivity index (χ3n) is 16.0. The number of carbonyl (C=O) groups is 2. The van der Waals surface area contributed by atoms with E-state index in [-0.39, 0.29) is 18.5 Å². The molecule has 0 aromatic rings. The van der Waals surface area contributed by atoms with E-state index in [9.17, 15) is 19.8 Å². The van der Waals surface area contributed by atoms with Gasteiger partial charge in [-0.15, -0.1) is 0 Å². The number of ether oxygens (including phenoxy) is 1. The molecule has 0 aliphatic heterocycles. The van der Waals surface area contributed by atoms with Crippen LogP contribution in [0.25, 0.3) is 0 Å². The Morgan fingerprint density at radius 1 is 0.360 bits per heavy atom. The number of carbonyl (C=O) groups excluding carboxylic acids is 2. The summed E-state index contributed by atoms with van der Waals surface area (Å²) in [5.41, 5.74) is 0. The van der Waals surface area contributed by atoms with E-state index in [1.807, 2.05) is 0 Å². The molecule has 0 fully saturated rings. The molecule has 0 aliphatic carbocycles. The Morgan fingerprint density at radius 2 is 0.627 bits per heavy atom. The minimum atomic E-state index is -0.674. The number of hydrogen-bond donors (Lipinski definition) is 3. The first-order chi connectivity index (χ1) is 37.0. The Bertz CT molecular complexity index is 1170. The van der Waals surface area contributed by atoms with Crippen molar-refractivity contribution in [3.63, 3.8) is 0 Å². The van der Waals surface area contributed by atoms with Gasteiger partial charge in [-0.05, 0) is 77.0 Å². The maximum Gasteiger partial charge on any atom is 0.305 e. The van der Waals surface area contributed by atoms with Crippen LogP contribution in [0.3, 0.4) is 0 Å². The SMILES string of the molecule is CCCCCCCC/C=C\CCCCCCCCCC(=O)OCCCCCCCC/C=C\CCCCCCCCCC(=O)NC(CO)C(O)CCCCCCCCCCCCCCCCCCCCCCCCCC. The molecule has 6 nitrogen and oxygen atoms in total. The Hall–Kier alpha value is -1.66. The van der Waals surface area contributed by atoms with Crippen molar-refractivity contribution in [1.82, 2.24) is 5.32 Å². The normalized spacial score (nSPS) is 12.6. The van der Waals surface area contributed by atoms with E-state index in [0.717, 1.165) is 57.8 Å². The van der Waals surface area contributed by atoms with E-state index < -0.39 is 12.1 Å². The molecule has 0 rings (SSSR count). The number of unbranched alkanes of at least 4 members (excludes halogenated alkanes) is 49. The van der Waals surface area contributed by atoms with E-state index in [4.69, 9.17) is 4.74 Å². The molecule has 0 saturated heterocycles. The average molecular weight is 1060 g/mol. The molecule has 0 aliphatic rings. The van der Waals surface area contributed by atoms with Crippen LogP contribution in [-0.2, 0) is 14.3 Å². The van der Waals surface area contributed by atoms with Gasteiger partial charge < -0.3 is 20.3 Å². The fourth-order valence-corrected chi connectivity index (χ4v) is 10.7. The number of hydrogen-bond acceptors (Lipinski definition) is 5. The van der Waals surface area contributed by atoms with Crippen molar-refractivity contribution < 1.29 is 24.5 Å². The van der Waals surface area contributed by atoms with Gasteiger partial charge in [-0.1, -0.05) is 314 Å². The van der Waals surface area contributed by atoms with Crippen molar-refractivity contribution in [1.29, 1.82) is 0 Å². The van der Waals surface area contributed by atoms with Gasteiger partial charge >= 0.3 is 5.97 Å². The molecule has 0 bridgehead atoms. The zero-order valence-electron chi connectivity index (χ0n) is 50.8. The van der Waals surface area contributed by atoms with E-state index in [1.165, 1.54) is 289 Å². The summed E-state index contributed by atoms with van der Waals surface area (Å²) in [4.78, 5) is 24.6. The van der Waals surface area contributed by atoms with Crippen LogP contribution in [0.15, 0.2) is 24.3 Å². The van der Waals surface area contributed by atoms with Crippen molar-refractivity contribution >= 4 is 11.9 Å². The van der Waals surface area contributed by atoms with Gasteiger partial charge in [-0.3, -0.25) is 9.59 Å². The molecular formula is C69H133NO5. The summed E-state index contributed by atoms with van der Waals surface area (Å²) in [5, 5.41) is 23.4. The first-order valence-corrected chi connectivity index (χ1v) is 34.1. The quantitative estimate of drug-likeness (QED) is 0.0320. The standard InChI is InChI=1S/C69H133NO5/c1-3-5-7-9-11-13-15-17-19-21-22-23-24-25-26-27-30-33-37-41-45-49-53-57-61-67(72)66(65-71)70-68(73)62-58-54-50-46-42-38-34-31-28-32-36-40-44-48-52-56-60-64-75-69(74)63-59-55-51-47-43-39-35-29-20-18-16-14-12-10-8-6-4-2/h18,20,28,32,66-67,71-72H,3-17,19,21-27,29-31,33-65H2,1-2H3,(H,70,73)/b20-18-,32-28-. The third kappa shape index (κ3) is 61.4. The van der Waals surface area contributed by atoms with E-state index in [0.29, 0.717) is 25.9 Å². The van der Waals surface area contributed by atoms with Crippen LogP contribution in [0, 0.1) is 0 Å². The largest absolute Gasteiger partial charge is 0.466 e. The summed E-state index contributed by atoms with van der Waals surface area (Å²) in [6.07, 6.45) is 80.6. The second-order valence-corrected chi connectivity index (χ2v) is 23.5. The molecule has 3 N–H and O–H groups in total. The van der Waals surface area contributed by atoms with Crippen LogP contribution < -0.4 is 5.32 Å². The first-order valence-electron chi connectivity index (χ1n) is 34.1. The van der Waals surface area contributed by atoms with Gasteiger partial charge in [-0.25, -0.2) is 0 Å². The fraction of sp³-hybridized carbons (Fsp3) is 0.913. The number of rotatable bonds is 64. The van der Waals surface area contributed by atoms with Crippen LogP contribution in [-0.4, -0.2) is 47.4 Å². The molecule has 0 radical (unpaired) electrons. The predicted molar refractivity (Wildman–Crippen MR) is 329 cm³/mol. The molecule has 444 valence electrons. The second kappa shape index (κ2) is 64.9. The number of esters is 1. The van der Waals surface area contributed by atoms with Gasteiger partial charge in [0.1, 0.15) is 0 Å². The van der Waals surface area contributed by atoms with E-state index in [2.05, 4.69) is 43.5 Å². The van der Waals surface area contributed by atoms with Gasteiger partial charge in [0.05, 0.1) is 25.4 Å². The van der Waals surface area contributed by atoms with Gasteiger partial charge in [-0.2, -0.15) is 0 Å². The lowest BCUT2D eigenvalue weighted by Gasteiger charge is -2.22. The van der Waals surface area contributed by atoms with Gasteiger partial charge in [0.25, 0.3) is 0 Å². The molecule has 2 atom stereocenters. The molecular weight excluding hydrogens is 923 g/mol. The molecule has 2 unspecified atom stereocenters. The van der Waals surface area contributed by atoms with Gasteiger partial charge in [0, 0.05) is 12.8 Å². The minimum Gasteiger partial charge on any atom is -0.466 e. The lowest BCUT2D eigenvalue weighted by Crippen LogP contribution is -2.45. The zero-order valence-corrected chi connectivity index (χ0v) is 50.8. The molecule has 0 saturated carbocycles. The van der Waals surface area contributed by atoms with Crippen molar-refractivity contribution in [3.8, 4) is 0 Å².